The summed E-state index contributed by atoms with van der Waals surface area (Å²) >= 11 is 3.33. The molecule has 0 aliphatic carbocycles. The maximum atomic E-state index is 12.0. The van der Waals surface area contributed by atoms with Crippen LogP contribution in [0.15, 0.2) is 28.7 Å². The molecule has 2 N–H and O–H groups in total. The molecule has 6 heteroatoms. The molecule has 1 aliphatic heterocycles. The van der Waals surface area contributed by atoms with E-state index in [0.717, 1.165) is 16.6 Å². The molecule has 1 saturated heterocycles. The molecule has 0 bridgehead atoms. The van der Waals surface area contributed by atoms with Gasteiger partial charge in [-0.2, -0.15) is 0 Å². The van der Waals surface area contributed by atoms with Gasteiger partial charge < -0.3 is 15.3 Å². The highest BCUT2D eigenvalue weighted by Gasteiger charge is 2.27. The SMILES string of the molecule is O=C(O)CC1CCN(C(=O)Nc2ccc(Br)cc2)C1. The van der Waals surface area contributed by atoms with Crippen LogP contribution in [0.25, 0.3) is 0 Å². The Bertz CT molecular complexity index is 475. The number of likely N-dealkylation sites (tertiary alicyclic amines) is 1. The van der Waals surface area contributed by atoms with Crippen molar-refractivity contribution in [3.05, 3.63) is 28.7 Å². The third-order valence-electron chi connectivity index (χ3n) is 3.13. The standard InChI is InChI=1S/C13H15BrN2O3/c14-10-1-3-11(4-2-10)15-13(19)16-6-5-9(8-16)7-12(17)18/h1-4,9H,5-8H2,(H,15,19)(H,17,18). The van der Waals surface area contributed by atoms with Gasteiger partial charge in [0.05, 0.1) is 0 Å². The van der Waals surface area contributed by atoms with Crippen molar-refractivity contribution in [3.63, 3.8) is 0 Å². The fourth-order valence-electron chi connectivity index (χ4n) is 2.17. The molecular formula is C13H15BrN2O3. The molecule has 2 amide bonds. The van der Waals surface area contributed by atoms with E-state index in [1.165, 1.54) is 0 Å². The second kappa shape index (κ2) is 6.06. The average Bonchev–Trinajstić information content (AvgIpc) is 2.80. The fourth-order valence-corrected chi connectivity index (χ4v) is 2.43. The smallest absolute Gasteiger partial charge is 0.321 e. The van der Waals surface area contributed by atoms with Crippen molar-refractivity contribution in [2.45, 2.75) is 12.8 Å². The molecule has 1 fully saturated rings. The molecular weight excluding hydrogens is 312 g/mol. The Balaban J connectivity index is 1.87. The van der Waals surface area contributed by atoms with Crippen LogP contribution in [0.4, 0.5) is 10.5 Å². The molecule has 5 nitrogen and oxygen atoms in total. The van der Waals surface area contributed by atoms with E-state index < -0.39 is 5.97 Å². The molecule has 2 rings (SSSR count). The number of anilines is 1. The largest absolute Gasteiger partial charge is 0.481 e. The quantitative estimate of drug-likeness (QED) is 0.897. The first-order valence-corrected chi connectivity index (χ1v) is 6.87. The van der Waals surface area contributed by atoms with Gasteiger partial charge in [-0.3, -0.25) is 4.79 Å². The summed E-state index contributed by atoms with van der Waals surface area (Å²) in [6.07, 6.45) is 0.877. The number of aliphatic carboxylic acids is 1. The van der Waals surface area contributed by atoms with Crippen LogP contribution in [-0.2, 0) is 4.79 Å². The number of carboxylic acids is 1. The van der Waals surface area contributed by atoms with Gasteiger partial charge >= 0.3 is 12.0 Å². The van der Waals surface area contributed by atoms with E-state index in [1.807, 2.05) is 24.3 Å². The zero-order valence-electron chi connectivity index (χ0n) is 10.3. The molecule has 1 heterocycles. The monoisotopic (exact) mass is 326 g/mol. The zero-order valence-corrected chi connectivity index (χ0v) is 11.9. The number of nitrogens with one attached hydrogen (secondary N) is 1. The number of hydrogen-bond donors (Lipinski definition) is 2. The number of carbonyl (C=O) groups is 2. The van der Waals surface area contributed by atoms with Gasteiger partial charge in [-0.15, -0.1) is 0 Å². The van der Waals surface area contributed by atoms with Crippen molar-refractivity contribution in [1.82, 2.24) is 4.90 Å². The number of halogens is 1. The fraction of sp³-hybridized carbons (Fsp3) is 0.385. The Kier molecular flexibility index (Phi) is 4.42. The molecule has 0 spiro atoms. The Morgan fingerprint density at radius 1 is 1.37 bits per heavy atom. The van der Waals surface area contributed by atoms with Crippen LogP contribution in [0.1, 0.15) is 12.8 Å². The van der Waals surface area contributed by atoms with E-state index in [2.05, 4.69) is 21.2 Å². The Hall–Kier alpha value is -1.56. The first-order valence-electron chi connectivity index (χ1n) is 6.08. The van der Waals surface area contributed by atoms with Crippen molar-refractivity contribution in [1.29, 1.82) is 0 Å². The molecule has 19 heavy (non-hydrogen) atoms. The molecule has 1 aliphatic rings. The van der Waals surface area contributed by atoms with Gasteiger partial charge in [-0.1, -0.05) is 15.9 Å². The van der Waals surface area contributed by atoms with Gasteiger partial charge in [0.15, 0.2) is 0 Å². The molecule has 1 aromatic rings. The van der Waals surface area contributed by atoms with Gasteiger partial charge in [0.1, 0.15) is 0 Å². The van der Waals surface area contributed by atoms with E-state index in [1.54, 1.807) is 4.90 Å². The Morgan fingerprint density at radius 2 is 2.05 bits per heavy atom. The van der Waals surface area contributed by atoms with Gasteiger partial charge in [0.25, 0.3) is 0 Å². The minimum absolute atomic E-state index is 0.0631. The first kappa shape index (κ1) is 13.9. The number of carboxylic acid groups (broad SMARTS) is 1. The third kappa shape index (κ3) is 3.96. The Morgan fingerprint density at radius 3 is 2.68 bits per heavy atom. The van der Waals surface area contributed by atoms with E-state index in [0.29, 0.717) is 13.1 Å². The normalized spacial score (nSPS) is 18.4. The van der Waals surface area contributed by atoms with Crippen LogP contribution >= 0.6 is 15.9 Å². The highest BCUT2D eigenvalue weighted by molar-refractivity contribution is 9.10. The maximum absolute atomic E-state index is 12.0. The van der Waals surface area contributed by atoms with Gasteiger partial charge in [0, 0.05) is 29.7 Å². The lowest BCUT2D eigenvalue weighted by molar-refractivity contribution is -0.138. The summed E-state index contributed by atoms with van der Waals surface area (Å²) in [5.41, 5.74) is 0.731. The van der Waals surface area contributed by atoms with Gasteiger partial charge in [-0.05, 0) is 36.6 Å². The summed E-state index contributed by atoms with van der Waals surface area (Å²) in [4.78, 5) is 24.3. The lowest BCUT2D eigenvalue weighted by Gasteiger charge is -2.17. The lowest BCUT2D eigenvalue weighted by Crippen LogP contribution is -2.33. The van der Waals surface area contributed by atoms with E-state index in [-0.39, 0.29) is 18.4 Å². The Labute approximate surface area is 119 Å². The van der Waals surface area contributed by atoms with Crippen LogP contribution < -0.4 is 5.32 Å². The van der Waals surface area contributed by atoms with E-state index in [9.17, 15) is 9.59 Å². The number of rotatable bonds is 3. The molecule has 1 aromatic carbocycles. The van der Waals surface area contributed by atoms with E-state index in [4.69, 9.17) is 5.11 Å². The molecule has 102 valence electrons. The second-order valence-corrected chi connectivity index (χ2v) is 5.55. The topological polar surface area (TPSA) is 69.6 Å². The number of amides is 2. The summed E-state index contributed by atoms with van der Waals surface area (Å²) in [6, 6.07) is 7.16. The molecule has 1 unspecified atom stereocenters. The number of nitrogens with zero attached hydrogens (tertiary/aromatic N) is 1. The number of urea groups is 1. The van der Waals surface area contributed by atoms with Crippen molar-refractivity contribution in [3.8, 4) is 0 Å². The van der Waals surface area contributed by atoms with Crippen LogP contribution in [0.3, 0.4) is 0 Å². The number of benzene rings is 1. The lowest BCUT2D eigenvalue weighted by atomic mass is 10.1. The highest BCUT2D eigenvalue weighted by Crippen LogP contribution is 2.21. The summed E-state index contributed by atoms with van der Waals surface area (Å²) in [5, 5.41) is 11.5. The molecule has 0 saturated carbocycles. The highest BCUT2D eigenvalue weighted by atomic mass is 79.9. The zero-order chi connectivity index (χ0) is 13.8. The summed E-state index contributed by atoms with van der Waals surface area (Å²) in [7, 11) is 0. The number of hydrogen-bond acceptors (Lipinski definition) is 2. The van der Waals surface area contributed by atoms with Crippen LogP contribution in [0.2, 0.25) is 0 Å². The summed E-state index contributed by atoms with van der Waals surface area (Å²) in [6.45, 7) is 1.12. The minimum Gasteiger partial charge on any atom is -0.481 e. The van der Waals surface area contributed by atoms with Crippen molar-refractivity contribution >= 4 is 33.6 Å². The average molecular weight is 327 g/mol. The first-order chi connectivity index (χ1) is 9.04. The van der Waals surface area contributed by atoms with Gasteiger partial charge in [0.2, 0.25) is 0 Å². The van der Waals surface area contributed by atoms with Crippen LogP contribution in [0.5, 0.6) is 0 Å². The molecule has 0 aromatic heterocycles. The summed E-state index contributed by atoms with van der Waals surface area (Å²) < 4.78 is 0.952. The second-order valence-electron chi connectivity index (χ2n) is 4.64. The molecule has 1 atom stereocenters. The third-order valence-corrected chi connectivity index (χ3v) is 3.66. The van der Waals surface area contributed by atoms with Crippen molar-refractivity contribution < 1.29 is 14.7 Å². The summed E-state index contributed by atoms with van der Waals surface area (Å²) in [5.74, 6) is -0.742. The maximum Gasteiger partial charge on any atom is 0.321 e. The van der Waals surface area contributed by atoms with Crippen LogP contribution in [-0.4, -0.2) is 35.1 Å². The van der Waals surface area contributed by atoms with Crippen molar-refractivity contribution in [2.24, 2.45) is 5.92 Å². The van der Waals surface area contributed by atoms with E-state index >= 15 is 0 Å². The number of carbonyl (C=O) groups excluding carboxylic acids is 1. The predicted octanol–water partition coefficient (Wildman–Crippen LogP) is 2.78. The van der Waals surface area contributed by atoms with Crippen LogP contribution in [0, 0.1) is 5.92 Å². The minimum atomic E-state index is -0.805. The predicted molar refractivity (Wildman–Crippen MR) is 75.1 cm³/mol. The van der Waals surface area contributed by atoms with Gasteiger partial charge in [-0.25, -0.2) is 4.79 Å². The molecule has 0 radical (unpaired) electrons. The van der Waals surface area contributed by atoms with Crippen molar-refractivity contribution in [2.75, 3.05) is 18.4 Å².